The molecule has 1 heterocycles. The van der Waals surface area contributed by atoms with E-state index in [1.54, 1.807) is 7.05 Å². The third-order valence-corrected chi connectivity index (χ3v) is 1.61. The lowest BCUT2D eigenvalue weighted by atomic mass is 10.3. The number of rotatable bonds is 3. The lowest BCUT2D eigenvalue weighted by Gasteiger charge is -2.00. The summed E-state index contributed by atoms with van der Waals surface area (Å²) < 4.78 is 9.80. The van der Waals surface area contributed by atoms with Gasteiger partial charge in [-0.25, -0.2) is 0 Å². The summed E-state index contributed by atoms with van der Waals surface area (Å²) in [5.41, 5.74) is -0.264. The second-order valence-electron chi connectivity index (χ2n) is 2.68. The lowest BCUT2D eigenvalue weighted by molar-refractivity contribution is 0.343. The Morgan fingerprint density at radius 2 is 2.43 bits per heavy atom. The topological polar surface area (TPSA) is 70.8 Å². The van der Waals surface area contributed by atoms with Crippen molar-refractivity contribution < 1.29 is 9.15 Å². The summed E-state index contributed by atoms with van der Waals surface area (Å²) in [5.74, 6) is 0.549. The van der Waals surface area contributed by atoms with Gasteiger partial charge in [0.1, 0.15) is 12.0 Å². The fourth-order valence-electron chi connectivity index (χ4n) is 0.927. The Kier molecular flexibility index (Phi) is 3.07. The maximum atomic E-state index is 11.2. The zero-order valence-corrected chi connectivity index (χ0v) is 7.93. The van der Waals surface area contributed by atoms with Crippen molar-refractivity contribution in [2.75, 3.05) is 14.2 Å². The van der Waals surface area contributed by atoms with Gasteiger partial charge in [0.25, 0.3) is 5.39 Å². The van der Waals surface area contributed by atoms with E-state index < -0.39 is 0 Å². The van der Waals surface area contributed by atoms with Crippen molar-refractivity contribution in [3.05, 3.63) is 33.4 Å². The molecular weight excluding hydrogens is 186 g/mol. The van der Waals surface area contributed by atoms with Gasteiger partial charge in [0, 0.05) is 6.07 Å². The normalized spacial score (nSPS) is 9.21. The van der Waals surface area contributed by atoms with Crippen LogP contribution < -0.4 is 10.2 Å². The summed E-state index contributed by atoms with van der Waals surface area (Å²) in [6, 6.07) is 1.29. The molecule has 1 aromatic rings. The molecule has 0 amide bonds. The summed E-state index contributed by atoms with van der Waals surface area (Å²) >= 11 is 0. The first-order chi connectivity index (χ1) is 6.67. The van der Waals surface area contributed by atoms with Crippen molar-refractivity contribution in [1.82, 2.24) is 5.01 Å². The first kappa shape index (κ1) is 10.1. The number of methoxy groups -OCH3 is 1. The van der Waals surface area contributed by atoms with Crippen LogP contribution in [0.5, 0.6) is 5.75 Å². The van der Waals surface area contributed by atoms with Crippen LogP contribution >= 0.6 is 0 Å². The number of hydrogen-bond acceptors (Lipinski definition) is 5. The van der Waals surface area contributed by atoms with E-state index in [0.717, 1.165) is 0 Å². The number of ether oxygens (including phenoxy) is 1. The predicted octanol–water partition coefficient (Wildman–Crippen LogP) is 0.848. The fraction of sp³-hybridized carbons (Fsp3) is 0.375. The highest BCUT2D eigenvalue weighted by Gasteiger charge is 2.10. The van der Waals surface area contributed by atoms with E-state index in [1.807, 2.05) is 0 Å². The van der Waals surface area contributed by atoms with Gasteiger partial charge in [-0.3, -0.25) is 4.79 Å². The van der Waals surface area contributed by atoms with E-state index in [0.29, 0.717) is 5.76 Å². The minimum Gasteiger partial charge on any atom is -0.490 e. The molecule has 0 bridgehead atoms. The largest absolute Gasteiger partial charge is 0.490 e. The fourth-order valence-corrected chi connectivity index (χ4v) is 0.927. The van der Waals surface area contributed by atoms with Crippen molar-refractivity contribution in [2.24, 2.45) is 0 Å². The molecule has 0 aliphatic rings. The molecule has 0 fully saturated rings. The van der Waals surface area contributed by atoms with Crippen LogP contribution in [-0.4, -0.2) is 19.2 Å². The molecule has 0 saturated carbocycles. The highest BCUT2D eigenvalue weighted by molar-refractivity contribution is 5.17. The van der Waals surface area contributed by atoms with Crippen LogP contribution in [-0.2, 0) is 6.54 Å². The van der Waals surface area contributed by atoms with Gasteiger partial charge < -0.3 is 9.15 Å². The molecule has 0 saturated heterocycles. The van der Waals surface area contributed by atoms with Crippen LogP contribution in [0, 0.1) is 5.39 Å². The van der Waals surface area contributed by atoms with Crippen molar-refractivity contribution in [3.63, 3.8) is 0 Å². The summed E-state index contributed by atoms with van der Waals surface area (Å²) in [6.45, 7) is 0.218. The highest BCUT2D eigenvalue weighted by Crippen LogP contribution is 2.06. The Morgan fingerprint density at radius 3 is 2.93 bits per heavy atom. The molecule has 1 aromatic heterocycles. The third kappa shape index (κ3) is 2.23. The molecule has 0 aliphatic carbocycles. The van der Waals surface area contributed by atoms with Crippen LogP contribution in [0.2, 0.25) is 0 Å². The van der Waals surface area contributed by atoms with E-state index in [4.69, 9.17) is 14.5 Å². The van der Waals surface area contributed by atoms with Crippen molar-refractivity contribution >= 4 is 0 Å². The van der Waals surface area contributed by atoms with Gasteiger partial charge in [-0.2, -0.15) is 0 Å². The van der Waals surface area contributed by atoms with Crippen LogP contribution in [0.1, 0.15) is 5.76 Å². The molecule has 6 nitrogen and oxygen atoms in total. The molecule has 6 heteroatoms. The van der Waals surface area contributed by atoms with Gasteiger partial charge >= 0.3 is 5.08 Å². The molecule has 0 radical (unpaired) electrons. The van der Waals surface area contributed by atoms with Gasteiger partial charge in [0.05, 0.1) is 14.2 Å². The van der Waals surface area contributed by atoms with Crippen LogP contribution in [0.25, 0.3) is 5.08 Å². The first-order valence-electron chi connectivity index (χ1n) is 3.89. The molecule has 0 spiro atoms. The number of diazo groups is 1. The first-order valence-corrected chi connectivity index (χ1v) is 3.89. The summed E-state index contributed by atoms with van der Waals surface area (Å²) in [7, 11) is 2.94. The second-order valence-corrected chi connectivity index (χ2v) is 2.68. The number of hydrogen-bond donors (Lipinski definition) is 0. The zero-order chi connectivity index (χ0) is 10.6. The SMILES string of the molecule is COc1coc(CN(C)[N+]#N)cc1=O. The minimum absolute atomic E-state index is 0.150. The monoisotopic (exact) mass is 196 g/mol. The van der Waals surface area contributed by atoms with Crippen LogP contribution in [0.3, 0.4) is 0 Å². The molecule has 0 aromatic carbocycles. The van der Waals surface area contributed by atoms with Crippen molar-refractivity contribution in [2.45, 2.75) is 6.54 Å². The van der Waals surface area contributed by atoms with E-state index in [1.165, 1.54) is 24.4 Å². The van der Waals surface area contributed by atoms with Crippen molar-refractivity contribution in [3.8, 4) is 5.75 Å². The molecule has 0 atom stereocenters. The number of nitrogens with zero attached hydrogens (tertiary/aromatic N) is 3. The summed E-state index contributed by atoms with van der Waals surface area (Å²) in [4.78, 5) is 11.2. The Bertz CT molecular complexity index is 407. The smallest absolute Gasteiger partial charge is 0.305 e. The highest BCUT2D eigenvalue weighted by atomic mass is 16.5. The lowest BCUT2D eigenvalue weighted by Crippen LogP contribution is -2.11. The van der Waals surface area contributed by atoms with E-state index in [2.05, 4.69) is 5.08 Å². The zero-order valence-electron chi connectivity index (χ0n) is 7.93. The van der Waals surface area contributed by atoms with E-state index in [-0.39, 0.29) is 17.7 Å². The summed E-state index contributed by atoms with van der Waals surface area (Å²) in [5, 5.41) is 12.5. The molecule has 14 heavy (non-hydrogen) atoms. The maximum Gasteiger partial charge on any atom is 0.305 e. The van der Waals surface area contributed by atoms with Gasteiger partial charge in [0.15, 0.2) is 6.54 Å². The average Bonchev–Trinajstić information content (AvgIpc) is 2.18. The Labute approximate surface area is 80.3 Å². The van der Waals surface area contributed by atoms with Gasteiger partial charge in [-0.15, -0.1) is 0 Å². The molecule has 74 valence electrons. The van der Waals surface area contributed by atoms with E-state index in [9.17, 15) is 4.79 Å². The Morgan fingerprint density at radius 1 is 1.71 bits per heavy atom. The van der Waals surface area contributed by atoms with Gasteiger partial charge in [0.2, 0.25) is 11.2 Å². The van der Waals surface area contributed by atoms with Crippen LogP contribution in [0.15, 0.2) is 21.5 Å². The molecule has 0 unspecified atom stereocenters. The Balaban J connectivity index is 2.88. The predicted molar refractivity (Wildman–Crippen MR) is 48.1 cm³/mol. The standard InChI is InChI=1S/C8H10N3O3/c1-11(10-9)4-6-3-7(12)8(13-2)5-14-6/h3,5H,4H2,1-2H3/q+1. The quantitative estimate of drug-likeness (QED) is 0.529. The molecule has 0 N–H and O–H groups in total. The minimum atomic E-state index is -0.264. The van der Waals surface area contributed by atoms with Gasteiger partial charge in [-0.1, -0.05) is 0 Å². The van der Waals surface area contributed by atoms with Crippen molar-refractivity contribution in [1.29, 1.82) is 5.39 Å². The molecule has 0 aliphatic heterocycles. The van der Waals surface area contributed by atoms with Gasteiger partial charge in [-0.05, 0) is 5.01 Å². The third-order valence-electron chi connectivity index (χ3n) is 1.61. The molecular formula is C8H10N3O3+. The summed E-state index contributed by atoms with van der Waals surface area (Å²) in [6.07, 6.45) is 1.23. The maximum absolute atomic E-state index is 11.2. The molecule has 1 rings (SSSR count). The van der Waals surface area contributed by atoms with E-state index >= 15 is 0 Å². The Hall–Kier alpha value is -2.03. The van der Waals surface area contributed by atoms with Crippen LogP contribution in [0.4, 0.5) is 0 Å². The second kappa shape index (κ2) is 4.28. The average molecular weight is 196 g/mol.